The van der Waals surface area contributed by atoms with Crippen LogP contribution < -0.4 is 5.32 Å². The molecule has 1 aliphatic heterocycles. The first kappa shape index (κ1) is 21.9. The van der Waals surface area contributed by atoms with E-state index in [1.165, 1.54) is 0 Å². The summed E-state index contributed by atoms with van der Waals surface area (Å²) in [4.78, 5) is 4.43. The number of aromatic hydroxyl groups is 1. The molecule has 0 spiro atoms. The Morgan fingerprint density at radius 2 is 1.74 bits per heavy atom. The van der Waals surface area contributed by atoms with E-state index in [0.717, 1.165) is 28.1 Å². The number of rotatable bonds is 2. The van der Waals surface area contributed by atoms with Gasteiger partial charge in [0.15, 0.2) is 0 Å². The van der Waals surface area contributed by atoms with Crippen molar-refractivity contribution in [1.29, 1.82) is 0 Å². The third-order valence-electron chi connectivity index (χ3n) is 5.62. The number of hydrogen-bond donors (Lipinski definition) is 2. The number of fused-ring (bicyclic) bond motifs is 2. The van der Waals surface area contributed by atoms with E-state index in [4.69, 9.17) is 0 Å². The molecule has 0 saturated carbocycles. The van der Waals surface area contributed by atoms with Gasteiger partial charge in [-0.2, -0.15) is 0 Å². The van der Waals surface area contributed by atoms with Gasteiger partial charge in [-0.25, -0.2) is 9.67 Å². The Morgan fingerprint density at radius 1 is 1.03 bits per heavy atom. The molecule has 1 aromatic carbocycles. The fourth-order valence-corrected chi connectivity index (χ4v) is 5.70. The molecule has 1 aliphatic rings. The Morgan fingerprint density at radius 3 is 2.45 bits per heavy atom. The van der Waals surface area contributed by atoms with Crippen LogP contribution in [0.3, 0.4) is 0 Å². The largest absolute Gasteiger partial charge is 0.507 e. The second kappa shape index (κ2) is 7.36. The number of phenols is 1. The molecule has 1 saturated heterocycles. The van der Waals surface area contributed by atoms with Crippen molar-refractivity contribution in [2.45, 2.75) is 64.6 Å². The van der Waals surface area contributed by atoms with Gasteiger partial charge in [0, 0.05) is 22.7 Å². The van der Waals surface area contributed by atoms with Gasteiger partial charge >= 0.3 is 0 Å². The predicted octanol–water partition coefficient (Wildman–Crippen LogP) is 4.42. The number of aromatic nitrogens is 6. The molecular formula is C21H26ClN7OS. The maximum atomic E-state index is 10.5. The number of nitrogens with zero attached hydrogens (tertiary/aromatic N) is 6. The first-order chi connectivity index (χ1) is 14.1. The molecule has 4 aromatic rings. The van der Waals surface area contributed by atoms with Crippen molar-refractivity contribution in [3.05, 3.63) is 23.2 Å². The Bertz CT molecular complexity index is 1260. The van der Waals surface area contributed by atoms with E-state index in [9.17, 15) is 5.11 Å². The van der Waals surface area contributed by atoms with E-state index in [-0.39, 0.29) is 35.3 Å². The molecule has 0 amide bonds. The standard InChI is InChI=1S/C21H25N7OS.ClH/c1-11-22-15-8-17(29)13(6-18(15)30-11)14-7-16-19(25-23-14)28(27-24-16)12-9-20(2,3)26-21(4,5)10-12;/h6-8,12,26,29H,9-10H2,1-5H3;1H. The Hall–Kier alpha value is -2.36. The van der Waals surface area contributed by atoms with Crippen LogP contribution in [0.4, 0.5) is 0 Å². The van der Waals surface area contributed by atoms with Crippen LogP contribution in [0.1, 0.15) is 51.6 Å². The normalized spacial score (nSPS) is 18.4. The highest BCUT2D eigenvalue weighted by Gasteiger charge is 2.39. The van der Waals surface area contributed by atoms with Crippen molar-refractivity contribution >= 4 is 45.1 Å². The van der Waals surface area contributed by atoms with E-state index >= 15 is 0 Å². The Labute approximate surface area is 190 Å². The molecule has 5 rings (SSSR count). The lowest BCUT2D eigenvalue weighted by molar-refractivity contribution is 0.127. The van der Waals surface area contributed by atoms with Gasteiger partial charge in [0.1, 0.15) is 11.3 Å². The third kappa shape index (κ3) is 3.97. The fraction of sp³-hybridized carbons (Fsp3) is 0.476. The predicted molar refractivity (Wildman–Crippen MR) is 125 cm³/mol. The summed E-state index contributed by atoms with van der Waals surface area (Å²) in [5.41, 5.74) is 3.32. The highest BCUT2D eigenvalue weighted by molar-refractivity contribution is 7.18. The van der Waals surface area contributed by atoms with Gasteiger partial charge in [-0.05, 0) is 59.6 Å². The van der Waals surface area contributed by atoms with Crippen LogP contribution in [-0.2, 0) is 0 Å². The molecule has 0 atom stereocenters. The molecule has 0 aliphatic carbocycles. The lowest BCUT2D eigenvalue weighted by Crippen LogP contribution is -2.58. The molecular weight excluding hydrogens is 434 g/mol. The van der Waals surface area contributed by atoms with Crippen molar-refractivity contribution < 1.29 is 5.11 Å². The van der Waals surface area contributed by atoms with E-state index in [1.54, 1.807) is 17.4 Å². The van der Waals surface area contributed by atoms with Gasteiger partial charge in [-0.1, -0.05) is 5.21 Å². The summed E-state index contributed by atoms with van der Waals surface area (Å²) in [7, 11) is 0. The van der Waals surface area contributed by atoms with Crippen LogP contribution in [0, 0.1) is 6.92 Å². The Balaban J connectivity index is 0.00000231. The SMILES string of the molecule is Cc1nc2cc(O)c(-c3cc4nnn(C5CC(C)(C)NC(C)(C)C5)c4nn3)cc2s1.Cl. The molecule has 0 radical (unpaired) electrons. The van der Waals surface area contributed by atoms with E-state index in [2.05, 4.69) is 58.5 Å². The number of benzene rings is 1. The van der Waals surface area contributed by atoms with Crippen molar-refractivity contribution in [2.75, 3.05) is 0 Å². The molecule has 0 bridgehead atoms. The highest BCUT2D eigenvalue weighted by Crippen LogP contribution is 2.38. The molecule has 3 aromatic heterocycles. The zero-order valence-electron chi connectivity index (χ0n) is 18.2. The highest BCUT2D eigenvalue weighted by atomic mass is 35.5. The summed E-state index contributed by atoms with van der Waals surface area (Å²) < 4.78 is 2.91. The van der Waals surface area contributed by atoms with E-state index in [0.29, 0.717) is 22.4 Å². The van der Waals surface area contributed by atoms with Crippen LogP contribution in [0.2, 0.25) is 0 Å². The quantitative estimate of drug-likeness (QED) is 0.457. The zero-order chi connectivity index (χ0) is 21.3. The van der Waals surface area contributed by atoms with Crippen LogP contribution in [0.25, 0.3) is 32.6 Å². The summed E-state index contributed by atoms with van der Waals surface area (Å²) in [5.74, 6) is 0.135. The van der Waals surface area contributed by atoms with Crippen molar-refractivity contribution in [1.82, 2.24) is 35.5 Å². The number of halogens is 1. The zero-order valence-corrected chi connectivity index (χ0v) is 19.8. The summed E-state index contributed by atoms with van der Waals surface area (Å²) in [6, 6.07) is 5.62. The van der Waals surface area contributed by atoms with Crippen LogP contribution in [0.15, 0.2) is 18.2 Å². The molecule has 31 heavy (non-hydrogen) atoms. The van der Waals surface area contributed by atoms with Crippen molar-refractivity contribution in [3.63, 3.8) is 0 Å². The number of nitrogens with one attached hydrogen (secondary N) is 1. The van der Waals surface area contributed by atoms with Gasteiger partial charge in [0.25, 0.3) is 0 Å². The number of thiazole rings is 1. The van der Waals surface area contributed by atoms with Crippen LogP contribution >= 0.6 is 23.7 Å². The van der Waals surface area contributed by atoms with Gasteiger partial charge in [-0.15, -0.1) is 39.0 Å². The second-order valence-electron chi connectivity index (χ2n) is 9.50. The minimum atomic E-state index is -0.00780. The van der Waals surface area contributed by atoms with Gasteiger partial charge < -0.3 is 10.4 Å². The van der Waals surface area contributed by atoms with E-state index in [1.807, 2.05) is 23.7 Å². The van der Waals surface area contributed by atoms with Gasteiger partial charge in [0.05, 0.1) is 27.0 Å². The number of aryl methyl sites for hydroxylation is 1. The summed E-state index contributed by atoms with van der Waals surface area (Å²) in [6.45, 7) is 10.8. The molecule has 4 heterocycles. The fourth-order valence-electron chi connectivity index (χ4n) is 4.85. The molecule has 8 nitrogen and oxygen atoms in total. The monoisotopic (exact) mass is 459 g/mol. The van der Waals surface area contributed by atoms with Crippen LogP contribution in [-0.4, -0.2) is 46.4 Å². The van der Waals surface area contributed by atoms with Gasteiger partial charge in [-0.3, -0.25) is 0 Å². The minimum Gasteiger partial charge on any atom is -0.507 e. The maximum Gasteiger partial charge on any atom is 0.201 e. The first-order valence-electron chi connectivity index (χ1n) is 10.1. The van der Waals surface area contributed by atoms with Crippen molar-refractivity contribution in [2.24, 2.45) is 0 Å². The topological polar surface area (TPSA) is 102 Å². The number of piperidine rings is 1. The number of hydrogen-bond acceptors (Lipinski definition) is 8. The lowest BCUT2D eigenvalue weighted by atomic mass is 9.80. The lowest BCUT2D eigenvalue weighted by Gasteiger charge is -2.46. The maximum absolute atomic E-state index is 10.5. The molecule has 1 fully saturated rings. The molecule has 164 valence electrons. The number of phenolic OH excluding ortho intramolecular Hbond substituents is 1. The summed E-state index contributed by atoms with van der Waals surface area (Å²) >= 11 is 1.59. The average Bonchev–Trinajstić information content (AvgIpc) is 3.19. The minimum absolute atomic E-state index is 0. The van der Waals surface area contributed by atoms with Gasteiger partial charge in [0.2, 0.25) is 5.65 Å². The van der Waals surface area contributed by atoms with Crippen molar-refractivity contribution in [3.8, 4) is 17.0 Å². The summed E-state index contributed by atoms with van der Waals surface area (Å²) in [5, 5.41) is 32.8. The Kier molecular flexibility index (Phi) is 5.19. The summed E-state index contributed by atoms with van der Waals surface area (Å²) in [6.07, 6.45) is 1.86. The molecule has 10 heteroatoms. The third-order valence-corrected chi connectivity index (χ3v) is 6.56. The average molecular weight is 460 g/mol. The molecule has 2 N–H and O–H groups in total. The van der Waals surface area contributed by atoms with E-state index < -0.39 is 0 Å². The smallest absolute Gasteiger partial charge is 0.201 e. The first-order valence-corrected chi connectivity index (χ1v) is 10.9. The van der Waals surface area contributed by atoms with Crippen LogP contribution in [0.5, 0.6) is 5.75 Å². The second-order valence-corrected chi connectivity index (χ2v) is 10.7. The molecule has 0 unspecified atom stereocenters.